The Morgan fingerprint density at radius 2 is 1.93 bits per heavy atom. The first-order valence-corrected chi connectivity index (χ1v) is 10.3. The highest BCUT2D eigenvalue weighted by Crippen LogP contribution is 2.40. The average molecular weight is 440 g/mol. The summed E-state index contributed by atoms with van der Waals surface area (Å²) >= 11 is 7.05. The highest BCUT2D eigenvalue weighted by molar-refractivity contribution is 8.03. The zero-order valence-electron chi connectivity index (χ0n) is 16.0. The second-order valence-electron chi connectivity index (χ2n) is 6.45. The number of amides is 2. The van der Waals surface area contributed by atoms with Gasteiger partial charge in [-0.2, -0.15) is 5.26 Å². The van der Waals surface area contributed by atoms with Crippen LogP contribution < -0.4 is 16.4 Å². The number of dihydropyridines is 1. The van der Waals surface area contributed by atoms with Gasteiger partial charge >= 0.3 is 0 Å². The zero-order valence-corrected chi connectivity index (χ0v) is 17.6. The lowest BCUT2D eigenvalue weighted by atomic mass is 9.82. The smallest absolute Gasteiger partial charge is 0.254 e. The first-order valence-electron chi connectivity index (χ1n) is 8.90. The van der Waals surface area contributed by atoms with Gasteiger partial charge in [-0.1, -0.05) is 23.4 Å². The molecule has 1 aliphatic rings. The Kier molecular flexibility index (Phi) is 6.77. The first-order chi connectivity index (χ1) is 14.4. The number of nitriles is 1. The van der Waals surface area contributed by atoms with E-state index in [1.807, 2.05) is 0 Å². The molecule has 0 bridgehead atoms. The highest BCUT2D eigenvalue weighted by Gasteiger charge is 2.34. The zero-order chi connectivity index (χ0) is 21.7. The van der Waals surface area contributed by atoms with Crippen molar-refractivity contribution in [3.05, 3.63) is 81.3 Å². The number of anilines is 1. The number of aromatic nitrogens is 1. The number of halogens is 1. The van der Waals surface area contributed by atoms with Gasteiger partial charge in [0, 0.05) is 34.4 Å². The molecule has 3 rings (SSSR count). The number of hydrogen-bond donors (Lipinski definition) is 3. The molecule has 0 saturated carbocycles. The fourth-order valence-electron chi connectivity index (χ4n) is 3.09. The number of hydrogen-bond acceptors (Lipinski definition) is 6. The first kappa shape index (κ1) is 21.4. The van der Waals surface area contributed by atoms with Crippen LogP contribution >= 0.6 is 23.4 Å². The number of pyridine rings is 1. The van der Waals surface area contributed by atoms with Gasteiger partial charge in [0.2, 0.25) is 5.91 Å². The monoisotopic (exact) mass is 439 g/mol. The highest BCUT2D eigenvalue weighted by atomic mass is 35.5. The Labute approximate surface area is 183 Å². The molecule has 0 saturated heterocycles. The van der Waals surface area contributed by atoms with Crippen LogP contribution in [-0.2, 0) is 9.59 Å². The third-order valence-corrected chi connectivity index (χ3v) is 5.68. The standard InChI is InChI=1S/C21H18ClN5O2S/c1-12-18(20(29)27-15-4-2-14(22)3-5-15)19(13-6-8-25-9-7-13)16(10-23)21(26-12)30-11-17(24)28/h2-9,19,26H,11H2,1H3,(H2,24,28)(H,27,29)/t19-/m0/s1. The molecule has 0 aliphatic carbocycles. The number of primary amides is 1. The van der Waals surface area contributed by atoms with Gasteiger partial charge in [-0.25, -0.2) is 0 Å². The maximum Gasteiger partial charge on any atom is 0.254 e. The van der Waals surface area contributed by atoms with E-state index in [0.717, 1.165) is 17.3 Å². The quantitative estimate of drug-likeness (QED) is 0.635. The summed E-state index contributed by atoms with van der Waals surface area (Å²) in [5.41, 5.74) is 7.89. The molecule has 1 atom stereocenters. The van der Waals surface area contributed by atoms with E-state index in [1.54, 1.807) is 55.7 Å². The van der Waals surface area contributed by atoms with Gasteiger partial charge in [-0.05, 0) is 48.9 Å². The third-order valence-electron chi connectivity index (χ3n) is 4.39. The summed E-state index contributed by atoms with van der Waals surface area (Å²) < 4.78 is 0. The maximum absolute atomic E-state index is 13.2. The van der Waals surface area contributed by atoms with Gasteiger partial charge in [0.05, 0.1) is 28.3 Å². The van der Waals surface area contributed by atoms with Crippen molar-refractivity contribution in [2.45, 2.75) is 12.8 Å². The van der Waals surface area contributed by atoms with E-state index >= 15 is 0 Å². The molecule has 2 heterocycles. The number of nitrogens with zero attached hydrogens (tertiary/aromatic N) is 2. The number of nitrogens with two attached hydrogens (primary N) is 1. The van der Waals surface area contributed by atoms with Gasteiger partial charge in [-0.15, -0.1) is 0 Å². The molecule has 0 spiro atoms. The summed E-state index contributed by atoms with van der Waals surface area (Å²) in [7, 11) is 0. The SMILES string of the molecule is CC1=C(C(=O)Nc2ccc(Cl)cc2)[C@@H](c2ccncc2)C(C#N)=C(SCC(N)=O)N1. The lowest BCUT2D eigenvalue weighted by Gasteiger charge is -2.29. The summed E-state index contributed by atoms with van der Waals surface area (Å²) in [4.78, 5) is 28.5. The van der Waals surface area contributed by atoms with E-state index in [0.29, 0.717) is 32.6 Å². The van der Waals surface area contributed by atoms with Gasteiger partial charge in [0.1, 0.15) is 0 Å². The van der Waals surface area contributed by atoms with E-state index in [9.17, 15) is 14.9 Å². The van der Waals surface area contributed by atoms with Crippen LogP contribution in [0.4, 0.5) is 5.69 Å². The van der Waals surface area contributed by atoms with Crippen molar-refractivity contribution < 1.29 is 9.59 Å². The molecular weight excluding hydrogens is 422 g/mol. The normalized spacial score (nSPS) is 16.0. The minimum Gasteiger partial charge on any atom is -0.369 e. The molecular formula is C21H18ClN5O2S. The number of thioether (sulfide) groups is 1. The lowest BCUT2D eigenvalue weighted by molar-refractivity contribution is -0.115. The average Bonchev–Trinajstić information content (AvgIpc) is 2.73. The molecule has 1 aromatic heterocycles. The van der Waals surface area contributed by atoms with E-state index in [2.05, 4.69) is 21.7 Å². The van der Waals surface area contributed by atoms with Crippen molar-refractivity contribution in [2.24, 2.45) is 5.73 Å². The second-order valence-corrected chi connectivity index (χ2v) is 7.87. The summed E-state index contributed by atoms with van der Waals surface area (Å²) in [5, 5.41) is 16.9. The molecule has 152 valence electrons. The van der Waals surface area contributed by atoms with Gasteiger partial charge in [0.15, 0.2) is 0 Å². The molecule has 2 aromatic rings. The lowest BCUT2D eigenvalue weighted by Crippen LogP contribution is -2.31. The summed E-state index contributed by atoms with van der Waals surface area (Å²) in [6.07, 6.45) is 3.21. The van der Waals surface area contributed by atoms with Crippen LogP contribution in [0.15, 0.2) is 70.7 Å². The summed E-state index contributed by atoms with van der Waals surface area (Å²) in [6.45, 7) is 1.75. The van der Waals surface area contributed by atoms with Crippen LogP contribution in [0, 0.1) is 11.3 Å². The van der Waals surface area contributed by atoms with Crippen molar-refractivity contribution in [3.63, 3.8) is 0 Å². The molecule has 4 N–H and O–H groups in total. The number of carbonyl (C=O) groups excluding carboxylic acids is 2. The molecule has 30 heavy (non-hydrogen) atoms. The molecule has 9 heteroatoms. The summed E-state index contributed by atoms with van der Waals surface area (Å²) in [6, 6.07) is 12.5. The number of carbonyl (C=O) groups is 2. The molecule has 2 amide bonds. The molecule has 0 unspecified atom stereocenters. The summed E-state index contributed by atoms with van der Waals surface area (Å²) in [5.74, 6) is -1.46. The van der Waals surface area contributed by atoms with Crippen molar-refractivity contribution in [1.29, 1.82) is 5.26 Å². The molecule has 1 aliphatic heterocycles. The van der Waals surface area contributed by atoms with Crippen LogP contribution in [0.1, 0.15) is 18.4 Å². The largest absolute Gasteiger partial charge is 0.369 e. The minimum atomic E-state index is -0.623. The third kappa shape index (κ3) is 4.82. The molecule has 0 radical (unpaired) electrons. The van der Waals surface area contributed by atoms with Crippen LogP contribution in [0.2, 0.25) is 5.02 Å². The van der Waals surface area contributed by atoms with E-state index in [-0.39, 0.29) is 11.7 Å². The van der Waals surface area contributed by atoms with E-state index < -0.39 is 11.8 Å². The van der Waals surface area contributed by atoms with Crippen LogP contribution in [0.3, 0.4) is 0 Å². The fraction of sp³-hybridized carbons (Fsp3) is 0.143. The Balaban J connectivity index is 2.03. The predicted molar refractivity (Wildman–Crippen MR) is 117 cm³/mol. The van der Waals surface area contributed by atoms with Gasteiger partial charge < -0.3 is 16.4 Å². The number of nitrogens with one attached hydrogen (secondary N) is 2. The molecule has 0 fully saturated rings. The second kappa shape index (κ2) is 9.48. The van der Waals surface area contributed by atoms with Crippen LogP contribution in [-0.4, -0.2) is 22.6 Å². The van der Waals surface area contributed by atoms with Crippen LogP contribution in [0.25, 0.3) is 0 Å². The van der Waals surface area contributed by atoms with Crippen molar-refractivity contribution >= 4 is 40.9 Å². The predicted octanol–water partition coefficient (Wildman–Crippen LogP) is 3.29. The van der Waals surface area contributed by atoms with Gasteiger partial charge in [0.25, 0.3) is 5.91 Å². The topological polar surface area (TPSA) is 121 Å². The minimum absolute atomic E-state index is 0.0101. The molecule has 1 aromatic carbocycles. The number of allylic oxidation sites excluding steroid dienone is 2. The maximum atomic E-state index is 13.2. The van der Waals surface area contributed by atoms with Crippen molar-refractivity contribution in [3.8, 4) is 6.07 Å². The number of rotatable bonds is 6. The molecule has 7 nitrogen and oxygen atoms in total. The van der Waals surface area contributed by atoms with Gasteiger partial charge in [-0.3, -0.25) is 14.6 Å². The Bertz CT molecular complexity index is 1070. The van der Waals surface area contributed by atoms with Crippen molar-refractivity contribution in [1.82, 2.24) is 10.3 Å². The number of benzene rings is 1. The van der Waals surface area contributed by atoms with Crippen LogP contribution in [0.5, 0.6) is 0 Å². The van der Waals surface area contributed by atoms with Crippen molar-refractivity contribution in [2.75, 3.05) is 11.1 Å². The fourth-order valence-corrected chi connectivity index (χ4v) is 4.05. The van der Waals surface area contributed by atoms with E-state index in [1.165, 1.54) is 0 Å². The van der Waals surface area contributed by atoms with E-state index in [4.69, 9.17) is 17.3 Å². The Morgan fingerprint density at radius 3 is 2.53 bits per heavy atom. The Hall–Kier alpha value is -3.28. The Morgan fingerprint density at radius 1 is 1.27 bits per heavy atom.